The molecule has 0 aromatic heterocycles. The van der Waals surface area contributed by atoms with Crippen molar-refractivity contribution in [3.63, 3.8) is 0 Å². The average Bonchev–Trinajstić information content (AvgIpc) is 2.26. The molecule has 5 nitrogen and oxygen atoms in total. The number of carboxylic acids is 1. The fourth-order valence-electron chi connectivity index (χ4n) is 0.631. The predicted molar refractivity (Wildman–Crippen MR) is 78.1 cm³/mol. The molecule has 0 aromatic rings. The van der Waals surface area contributed by atoms with Gasteiger partial charge in [0.1, 0.15) is 0 Å². The Labute approximate surface area is 122 Å². The molecule has 0 spiro atoms. The van der Waals surface area contributed by atoms with Gasteiger partial charge in [0.2, 0.25) is 0 Å². The molecule has 0 aromatic carbocycles. The third-order valence-electron chi connectivity index (χ3n) is 2.22. The van der Waals surface area contributed by atoms with Crippen LogP contribution in [0.5, 0.6) is 0 Å². The summed E-state index contributed by atoms with van der Waals surface area (Å²) in [6.07, 6.45) is 3.18. The lowest BCUT2D eigenvalue weighted by Gasteiger charge is -2.14. The molecule has 0 aliphatic rings. The van der Waals surface area contributed by atoms with Crippen molar-refractivity contribution in [3.8, 4) is 0 Å². The monoisotopic (exact) mass is 290 g/mol. The van der Waals surface area contributed by atoms with Crippen molar-refractivity contribution in [1.29, 1.82) is 0 Å². The maximum atomic E-state index is 11.2. The number of rotatable bonds is 5. The summed E-state index contributed by atoms with van der Waals surface area (Å²) in [7, 11) is 0. The molecule has 120 valence electrons. The van der Waals surface area contributed by atoms with Crippen LogP contribution in [0.3, 0.4) is 0 Å². The molecule has 0 aliphatic heterocycles. The molecule has 1 N–H and O–H groups in total. The smallest absolute Gasteiger partial charge is 0.347 e. The Balaban J connectivity index is 0. The van der Waals surface area contributed by atoms with Gasteiger partial charge in [0.05, 0.1) is 17.4 Å². The van der Waals surface area contributed by atoms with Crippen molar-refractivity contribution in [2.45, 2.75) is 67.7 Å². The summed E-state index contributed by atoms with van der Waals surface area (Å²) in [4.78, 5) is 30.6. The summed E-state index contributed by atoms with van der Waals surface area (Å²) < 4.78 is 0. The fourth-order valence-corrected chi connectivity index (χ4v) is 0.631. The van der Waals surface area contributed by atoms with Gasteiger partial charge in [0.15, 0.2) is 0 Å². The summed E-state index contributed by atoms with van der Waals surface area (Å²) in [5.74, 6) is -1.07. The zero-order valence-corrected chi connectivity index (χ0v) is 13.9. The molecular weight excluding hydrogens is 260 g/mol. The molecule has 0 atom stereocenters. The highest BCUT2D eigenvalue weighted by Gasteiger charge is 2.24. The third-order valence-corrected chi connectivity index (χ3v) is 2.22. The molecule has 0 saturated carbocycles. The number of carbonyl (C=O) groups excluding carboxylic acids is 1. The Hall–Kier alpha value is -1.10. The van der Waals surface area contributed by atoms with Crippen molar-refractivity contribution < 1.29 is 24.5 Å². The summed E-state index contributed by atoms with van der Waals surface area (Å²) in [5.41, 5.74) is -1.06. The Bertz CT molecular complexity index is 284. The van der Waals surface area contributed by atoms with Gasteiger partial charge in [-0.05, 0) is 48.0 Å². The van der Waals surface area contributed by atoms with Crippen LogP contribution >= 0.6 is 0 Å². The van der Waals surface area contributed by atoms with E-state index >= 15 is 0 Å². The maximum Gasteiger partial charge on any atom is 0.347 e. The second kappa shape index (κ2) is 9.75. The SMILES string of the molecule is CC(C)(C)C(=O)O.CCCCCOOC(=O)C(C)(C)C. The molecule has 0 aliphatic carbocycles. The molecule has 0 radical (unpaired) electrons. The normalized spacial score (nSPS) is 11.3. The maximum absolute atomic E-state index is 11.2. The van der Waals surface area contributed by atoms with E-state index in [-0.39, 0.29) is 5.97 Å². The van der Waals surface area contributed by atoms with Gasteiger partial charge in [-0.15, -0.1) is 0 Å². The van der Waals surface area contributed by atoms with Crippen LogP contribution in [0.2, 0.25) is 0 Å². The lowest BCUT2D eigenvalue weighted by molar-refractivity contribution is -0.279. The van der Waals surface area contributed by atoms with Crippen LogP contribution in [0.4, 0.5) is 0 Å². The van der Waals surface area contributed by atoms with E-state index in [9.17, 15) is 9.59 Å². The molecule has 0 fully saturated rings. The topological polar surface area (TPSA) is 72.8 Å². The minimum atomic E-state index is -0.757. The second-order valence-electron chi connectivity index (χ2n) is 6.71. The van der Waals surface area contributed by atoms with Crippen molar-refractivity contribution in [1.82, 2.24) is 0 Å². The van der Waals surface area contributed by atoms with Gasteiger partial charge in [-0.25, -0.2) is 4.79 Å². The fraction of sp³-hybridized carbons (Fsp3) is 0.867. The summed E-state index contributed by atoms with van der Waals surface area (Å²) >= 11 is 0. The molecule has 0 unspecified atom stereocenters. The van der Waals surface area contributed by atoms with Crippen LogP contribution in [-0.4, -0.2) is 23.7 Å². The lowest BCUT2D eigenvalue weighted by Crippen LogP contribution is -2.23. The first-order chi connectivity index (χ1) is 8.92. The number of carbonyl (C=O) groups is 2. The number of hydrogen-bond donors (Lipinski definition) is 1. The van der Waals surface area contributed by atoms with Crippen molar-refractivity contribution in [3.05, 3.63) is 0 Å². The van der Waals surface area contributed by atoms with Gasteiger partial charge in [0.25, 0.3) is 0 Å². The van der Waals surface area contributed by atoms with E-state index in [4.69, 9.17) is 9.99 Å². The van der Waals surface area contributed by atoms with Crippen molar-refractivity contribution in [2.75, 3.05) is 6.61 Å². The summed E-state index contributed by atoms with van der Waals surface area (Å²) in [5, 5.41) is 8.25. The van der Waals surface area contributed by atoms with Crippen molar-refractivity contribution >= 4 is 11.9 Å². The van der Waals surface area contributed by atoms with Gasteiger partial charge >= 0.3 is 11.9 Å². The second-order valence-corrected chi connectivity index (χ2v) is 6.71. The van der Waals surface area contributed by atoms with Crippen LogP contribution in [0, 0.1) is 10.8 Å². The Morgan fingerprint density at radius 3 is 1.70 bits per heavy atom. The van der Waals surface area contributed by atoms with Crippen LogP contribution in [-0.2, 0) is 19.4 Å². The highest BCUT2D eigenvalue weighted by molar-refractivity contribution is 5.74. The van der Waals surface area contributed by atoms with E-state index in [0.717, 1.165) is 19.3 Å². The van der Waals surface area contributed by atoms with Gasteiger partial charge in [-0.3, -0.25) is 9.68 Å². The minimum Gasteiger partial charge on any atom is -0.481 e. The lowest BCUT2D eigenvalue weighted by atomic mass is 9.98. The number of hydrogen-bond acceptors (Lipinski definition) is 4. The van der Waals surface area contributed by atoms with Gasteiger partial charge in [-0.1, -0.05) is 19.8 Å². The molecule has 5 heteroatoms. The predicted octanol–water partition coefficient (Wildman–Crippen LogP) is 3.81. The Morgan fingerprint density at radius 1 is 0.950 bits per heavy atom. The van der Waals surface area contributed by atoms with E-state index in [0.29, 0.717) is 6.61 Å². The molecule has 0 heterocycles. The first-order valence-corrected chi connectivity index (χ1v) is 7.00. The zero-order valence-electron chi connectivity index (χ0n) is 13.9. The molecule has 0 saturated heterocycles. The highest BCUT2D eigenvalue weighted by Crippen LogP contribution is 2.15. The van der Waals surface area contributed by atoms with E-state index in [2.05, 4.69) is 11.8 Å². The van der Waals surface area contributed by atoms with Gasteiger partial charge in [-0.2, -0.15) is 4.89 Å². The van der Waals surface area contributed by atoms with E-state index < -0.39 is 16.8 Å². The molecular formula is C15H30O5. The quantitative estimate of drug-likeness (QED) is 0.473. The van der Waals surface area contributed by atoms with Gasteiger partial charge in [0, 0.05) is 0 Å². The standard InChI is InChI=1S/C10H20O3.C5H10O2/c1-5-6-7-8-12-13-9(11)10(2,3)4;1-5(2,3)4(6)7/h5-8H2,1-4H3;1-3H3,(H,6,7). The first kappa shape index (κ1) is 21.2. The molecule has 0 rings (SSSR count). The zero-order chi connectivity index (χ0) is 16.4. The third kappa shape index (κ3) is 13.3. The van der Waals surface area contributed by atoms with E-state index in [1.807, 2.05) is 0 Å². The van der Waals surface area contributed by atoms with Crippen molar-refractivity contribution in [2.24, 2.45) is 10.8 Å². The Morgan fingerprint density at radius 2 is 1.40 bits per heavy atom. The van der Waals surface area contributed by atoms with Crippen LogP contribution in [0.25, 0.3) is 0 Å². The van der Waals surface area contributed by atoms with Crippen LogP contribution in [0.1, 0.15) is 67.7 Å². The first-order valence-electron chi connectivity index (χ1n) is 7.00. The molecule has 20 heavy (non-hydrogen) atoms. The molecule has 0 amide bonds. The van der Waals surface area contributed by atoms with E-state index in [1.54, 1.807) is 41.5 Å². The minimum absolute atomic E-state index is 0.316. The summed E-state index contributed by atoms with van der Waals surface area (Å²) in [6, 6.07) is 0. The number of aliphatic carboxylic acids is 1. The molecule has 0 bridgehead atoms. The van der Waals surface area contributed by atoms with Crippen LogP contribution in [0.15, 0.2) is 0 Å². The van der Waals surface area contributed by atoms with E-state index in [1.165, 1.54) is 0 Å². The number of carboxylic acid groups (broad SMARTS) is 1. The average molecular weight is 290 g/mol. The summed E-state index contributed by atoms with van der Waals surface area (Å²) in [6.45, 7) is 13.0. The van der Waals surface area contributed by atoms with Crippen LogP contribution < -0.4 is 0 Å². The highest BCUT2D eigenvalue weighted by atomic mass is 17.2. The largest absolute Gasteiger partial charge is 0.481 e. The number of unbranched alkanes of at least 4 members (excludes halogenated alkanes) is 2. The Kier molecular flexibility index (Phi) is 10.3. The van der Waals surface area contributed by atoms with Gasteiger partial charge < -0.3 is 5.11 Å².